The number of anilines is 1. The lowest BCUT2D eigenvalue weighted by atomic mass is 10.1. The number of hydrazone groups is 1. The van der Waals surface area contributed by atoms with E-state index < -0.39 is 0 Å². The van der Waals surface area contributed by atoms with E-state index in [0.717, 1.165) is 18.7 Å². The van der Waals surface area contributed by atoms with E-state index in [-0.39, 0.29) is 5.91 Å². The normalized spacial score (nSPS) is 14.8. The number of hydrogen-bond acceptors (Lipinski definition) is 3. The van der Waals surface area contributed by atoms with Gasteiger partial charge in [-0.2, -0.15) is 5.10 Å². The van der Waals surface area contributed by atoms with Crippen LogP contribution in [0.25, 0.3) is 0 Å². The molecule has 0 unspecified atom stereocenters. The van der Waals surface area contributed by atoms with Crippen molar-refractivity contribution in [3.8, 4) is 0 Å². The molecule has 0 aliphatic carbocycles. The van der Waals surface area contributed by atoms with Crippen LogP contribution in [0.1, 0.15) is 35.2 Å². The van der Waals surface area contributed by atoms with Gasteiger partial charge in [-0.15, -0.1) is 0 Å². The summed E-state index contributed by atoms with van der Waals surface area (Å²) in [6, 6.07) is 15.1. The van der Waals surface area contributed by atoms with Crippen LogP contribution in [0.3, 0.4) is 0 Å². The molecule has 0 spiro atoms. The highest BCUT2D eigenvalue weighted by atomic mass is 35.5. The van der Waals surface area contributed by atoms with E-state index in [9.17, 15) is 4.79 Å². The van der Waals surface area contributed by atoms with Crippen molar-refractivity contribution in [2.75, 3.05) is 18.0 Å². The molecule has 3 rings (SSSR count). The van der Waals surface area contributed by atoms with E-state index in [2.05, 4.69) is 27.6 Å². The third-order valence-electron chi connectivity index (χ3n) is 4.11. The molecule has 2 aromatic carbocycles. The molecule has 24 heavy (non-hydrogen) atoms. The van der Waals surface area contributed by atoms with Crippen molar-refractivity contribution in [2.45, 2.75) is 19.3 Å². The lowest BCUT2D eigenvalue weighted by molar-refractivity contribution is 0.0955. The van der Waals surface area contributed by atoms with Crippen LogP contribution < -0.4 is 10.3 Å². The van der Waals surface area contributed by atoms with Gasteiger partial charge in [-0.3, -0.25) is 4.79 Å². The third-order valence-corrected chi connectivity index (χ3v) is 4.44. The zero-order valence-electron chi connectivity index (χ0n) is 13.4. The molecule has 2 aromatic rings. The maximum absolute atomic E-state index is 12.0. The second-order valence-electron chi connectivity index (χ2n) is 5.82. The summed E-state index contributed by atoms with van der Waals surface area (Å²) in [6.07, 6.45) is 5.48. The number of hydrogen-bond donors (Lipinski definition) is 1. The lowest BCUT2D eigenvalue weighted by Crippen LogP contribution is -2.29. The predicted octanol–water partition coefficient (Wildman–Crippen LogP) is 4.09. The van der Waals surface area contributed by atoms with Gasteiger partial charge in [0.15, 0.2) is 0 Å². The second kappa shape index (κ2) is 7.97. The molecule has 1 N–H and O–H groups in total. The molecule has 1 saturated heterocycles. The standard InChI is InChI=1S/C19H20ClN3O/c20-18-7-3-2-6-17(18)19(24)22-21-14-15-8-10-16(11-9-15)23-12-4-1-5-13-23/h2-3,6-11,14H,1,4-5,12-13H2,(H,22,24)/b21-14-. The van der Waals surface area contributed by atoms with E-state index in [1.165, 1.54) is 24.9 Å². The zero-order valence-corrected chi connectivity index (χ0v) is 14.2. The van der Waals surface area contributed by atoms with Crippen molar-refractivity contribution in [2.24, 2.45) is 5.10 Å². The van der Waals surface area contributed by atoms with Crippen LogP contribution in [0.15, 0.2) is 53.6 Å². The summed E-state index contributed by atoms with van der Waals surface area (Å²) in [6.45, 7) is 2.25. The first-order chi connectivity index (χ1) is 11.7. The van der Waals surface area contributed by atoms with E-state index in [1.807, 2.05) is 12.1 Å². The van der Waals surface area contributed by atoms with E-state index in [0.29, 0.717) is 10.6 Å². The summed E-state index contributed by atoms with van der Waals surface area (Å²) in [4.78, 5) is 14.4. The highest BCUT2D eigenvalue weighted by molar-refractivity contribution is 6.33. The first kappa shape index (κ1) is 16.5. The Kier molecular flexibility index (Phi) is 5.49. The summed E-state index contributed by atoms with van der Waals surface area (Å²) in [5.74, 6) is -0.318. The molecule has 1 heterocycles. The van der Waals surface area contributed by atoms with Crippen LogP contribution in [0.4, 0.5) is 5.69 Å². The summed E-state index contributed by atoms with van der Waals surface area (Å²) < 4.78 is 0. The monoisotopic (exact) mass is 341 g/mol. The summed E-state index contributed by atoms with van der Waals surface area (Å²) >= 11 is 5.99. The van der Waals surface area contributed by atoms with Crippen molar-refractivity contribution < 1.29 is 4.79 Å². The van der Waals surface area contributed by atoms with Crippen molar-refractivity contribution >= 4 is 29.4 Å². The highest BCUT2D eigenvalue weighted by Gasteiger charge is 2.10. The number of carbonyl (C=O) groups is 1. The molecular weight excluding hydrogens is 322 g/mol. The van der Waals surface area contributed by atoms with E-state index in [1.54, 1.807) is 30.5 Å². The molecule has 0 aromatic heterocycles. The van der Waals surface area contributed by atoms with Gasteiger partial charge in [0.05, 0.1) is 16.8 Å². The Labute approximate surface area is 147 Å². The summed E-state index contributed by atoms with van der Waals surface area (Å²) in [5.41, 5.74) is 5.10. The van der Waals surface area contributed by atoms with Crippen LogP contribution in [-0.4, -0.2) is 25.2 Å². The smallest absolute Gasteiger partial charge is 0.272 e. The predicted molar refractivity (Wildman–Crippen MR) is 99.0 cm³/mol. The fraction of sp³-hybridized carbons (Fsp3) is 0.263. The van der Waals surface area contributed by atoms with Gasteiger partial charge in [0.2, 0.25) is 0 Å². The highest BCUT2D eigenvalue weighted by Crippen LogP contribution is 2.19. The van der Waals surface area contributed by atoms with Gasteiger partial charge in [0.25, 0.3) is 5.91 Å². The average Bonchev–Trinajstić information content (AvgIpc) is 2.63. The van der Waals surface area contributed by atoms with Crippen LogP contribution >= 0.6 is 11.6 Å². The van der Waals surface area contributed by atoms with Gasteiger partial charge in [-0.1, -0.05) is 35.9 Å². The molecule has 4 nitrogen and oxygen atoms in total. The SMILES string of the molecule is O=C(N/N=C\c1ccc(N2CCCCC2)cc1)c1ccccc1Cl. The van der Waals surface area contributed by atoms with E-state index >= 15 is 0 Å². The third kappa shape index (κ3) is 4.15. The average molecular weight is 342 g/mol. The molecule has 1 fully saturated rings. The number of amides is 1. The number of carbonyl (C=O) groups excluding carboxylic acids is 1. The Bertz CT molecular complexity index is 722. The molecule has 0 atom stereocenters. The lowest BCUT2D eigenvalue weighted by Gasteiger charge is -2.28. The minimum atomic E-state index is -0.318. The minimum absolute atomic E-state index is 0.318. The van der Waals surface area contributed by atoms with Crippen LogP contribution in [-0.2, 0) is 0 Å². The topological polar surface area (TPSA) is 44.7 Å². The Morgan fingerprint density at radius 1 is 1.04 bits per heavy atom. The number of benzene rings is 2. The van der Waals surface area contributed by atoms with Gasteiger partial charge in [-0.05, 0) is 49.1 Å². The first-order valence-corrected chi connectivity index (χ1v) is 8.55. The Morgan fingerprint density at radius 3 is 2.46 bits per heavy atom. The molecular formula is C19H20ClN3O. The van der Waals surface area contributed by atoms with Gasteiger partial charge >= 0.3 is 0 Å². The zero-order chi connectivity index (χ0) is 16.8. The number of halogens is 1. The molecule has 1 aliphatic heterocycles. The Hall–Kier alpha value is -2.33. The second-order valence-corrected chi connectivity index (χ2v) is 6.23. The van der Waals surface area contributed by atoms with Crippen molar-refractivity contribution in [1.29, 1.82) is 0 Å². The molecule has 5 heteroatoms. The Balaban J connectivity index is 1.58. The number of nitrogens with zero attached hydrogens (tertiary/aromatic N) is 2. The minimum Gasteiger partial charge on any atom is -0.372 e. The number of piperidine rings is 1. The van der Waals surface area contributed by atoms with Crippen LogP contribution in [0, 0.1) is 0 Å². The van der Waals surface area contributed by atoms with Gasteiger partial charge in [0, 0.05) is 18.8 Å². The van der Waals surface area contributed by atoms with Gasteiger partial charge in [-0.25, -0.2) is 5.43 Å². The first-order valence-electron chi connectivity index (χ1n) is 8.17. The molecule has 1 aliphatic rings. The van der Waals surface area contributed by atoms with Gasteiger partial charge in [0.1, 0.15) is 0 Å². The number of nitrogens with one attached hydrogen (secondary N) is 1. The van der Waals surface area contributed by atoms with Crippen LogP contribution in [0.2, 0.25) is 5.02 Å². The maximum atomic E-state index is 12.0. The van der Waals surface area contributed by atoms with E-state index in [4.69, 9.17) is 11.6 Å². The summed E-state index contributed by atoms with van der Waals surface area (Å²) in [5, 5.41) is 4.42. The van der Waals surface area contributed by atoms with Gasteiger partial charge < -0.3 is 4.90 Å². The largest absolute Gasteiger partial charge is 0.372 e. The fourth-order valence-electron chi connectivity index (χ4n) is 2.79. The molecule has 1 amide bonds. The fourth-order valence-corrected chi connectivity index (χ4v) is 3.02. The Morgan fingerprint density at radius 2 is 1.75 bits per heavy atom. The van der Waals surface area contributed by atoms with Crippen LogP contribution in [0.5, 0.6) is 0 Å². The molecule has 124 valence electrons. The molecule has 0 radical (unpaired) electrons. The van der Waals surface area contributed by atoms with Crippen molar-refractivity contribution in [3.63, 3.8) is 0 Å². The molecule has 0 bridgehead atoms. The molecule has 0 saturated carbocycles. The van der Waals surface area contributed by atoms with Crippen molar-refractivity contribution in [3.05, 3.63) is 64.7 Å². The quantitative estimate of drug-likeness (QED) is 0.672. The van der Waals surface area contributed by atoms with Crippen molar-refractivity contribution in [1.82, 2.24) is 5.43 Å². The maximum Gasteiger partial charge on any atom is 0.272 e. The summed E-state index contributed by atoms with van der Waals surface area (Å²) in [7, 11) is 0. The number of rotatable bonds is 4.